The number of amides is 2. The van der Waals surface area contributed by atoms with Crippen LogP contribution >= 0.6 is 11.3 Å². The second-order valence-electron chi connectivity index (χ2n) is 6.77. The van der Waals surface area contributed by atoms with Gasteiger partial charge >= 0.3 is 0 Å². The molecule has 1 atom stereocenters. The maximum Gasteiger partial charge on any atom is 0.231 e. The number of carbonyl (C=O) groups excluding carboxylic acids is 2. The Balaban J connectivity index is 1.45. The zero-order chi connectivity index (χ0) is 19.7. The molecule has 1 aromatic heterocycles. The van der Waals surface area contributed by atoms with Gasteiger partial charge in [0, 0.05) is 18.7 Å². The third-order valence-corrected chi connectivity index (χ3v) is 5.91. The molecule has 2 heterocycles. The fourth-order valence-electron chi connectivity index (χ4n) is 3.34. The van der Waals surface area contributed by atoms with Crippen molar-refractivity contribution in [3.05, 3.63) is 48.0 Å². The first-order chi connectivity index (χ1) is 13.6. The predicted octanol–water partition coefficient (Wildman–Crippen LogP) is 3.86. The summed E-state index contributed by atoms with van der Waals surface area (Å²) >= 11 is 1.39. The zero-order valence-corrected chi connectivity index (χ0v) is 16.6. The van der Waals surface area contributed by atoms with Gasteiger partial charge in [0.05, 0.1) is 23.2 Å². The molecule has 1 aliphatic heterocycles. The first-order valence-electron chi connectivity index (χ1n) is 9.22. The lowest BCUT2D eigenvalue weighted by Crippen LogP contribution is -2.28. The summed E-state index contributed by atoms with van der Waals surface area (Å²) in [7, 11) is 1.61. The van der Waals surface area contributed by atoms with Gasteiger partial charge < -0.3 is 15.0 Å². The van der Waals surface area contributed by atoms with E-state index in [0.717, 1.165) is 28.1 Å². The number of rotatable bonds is 5. The van der Waals surface area contributed by atoms with Crippen molar-refractivity contribution in [3.63, 3.8) is 0 Å². The van der Waals surface area contributed by atoms with Crippen molar-refractivity contribution in [3.8, 4) is 5.75 Å². The molecule has 1 unspecified atom stereocenters. The molecule has 0 bridgehead atoms. The minimum atomic E-state index is -0.389. The summed E-state index contributed by atoms with van der Waals surface area (Å²) in [6, 6.07) is 13.5. The van der Waals surface area contributed by atoms with Gasteiger partial charge in [-0.3, -0.25) is 9.59 Å². The molecule has 6 nitrogen and oxygen atoms in total. The highest BCUT2D eigenvalue weighted by Gasteiger charge is 2.35. The summed E-state index contributed by atoms with van der Waals surface area (Å²) in [6.07, 6.45) is 1.16. The molecule has 3 aromatic rings. The topological polar surface area (TPSA) is 71.5 Å². The summed E-state index contributed by atoms with van der Waals surface area (Å²) in [5.74, 6) is 0.158. The smallest absolute Gasteiger partial charge is 0.231 e. The van der Waals surface area contributed by atoms with E-state index >= 15 is 0 Å². The molecule has 1 aliphatic rings. The van der Waals surface area contributed by atoms with Crippen molar-refractivity contribution < 1.29 is 14.3 Å². The number of methoxy groups -OCH3 is 1. The van der Waals surface area contributed by atoms with Crippen LogP contribution in [0.2, 0.25) is 0 Å². The molecular formula is C21H21N3O3S. The lowest BCUT2D eigenvalue weighted by molar-refractivity contribution is -0.122. The van der Waals surface area contributed by atoms with E-state index in [2.05, 4.69) is 17.2 Å². The Morgan fingerprint density at radius 2 is 2.07 bits per heavy atom. The number of anilines is 2. The van der Waals surface area contributed by atoms with Crippen LogP contribution in [-0.2, 0) is 16.0 Å². The van der Waals surface area contributed by atoms with Crippen LogP contribution in [0.25, 0.3) is 10.2 Å². The average Bonchev–Trinajstić information content (AvgIpc) is 3.30. The van der Waals surface area contributed by atoms with Gasteiger partial charge in [0.2, 0.25) is 11.8 Å². The van der Waals surface area contributed by atoms with Crippen LogP contribution in [0.3, 0.4) is 0 Å². The predicted molar refractivity (Wildman–Crippen MR) is 111 cm³/mol. The van der Waals surface area contributed by atoms with Gasteiger partial charge in [0.25, 0.3) is 0 Å². The molecule has 0 spiro atoms. The molecule has 28 heavy (non-hydrogen) atoms. The van der Waals surface area contributed by atoms with Crippen molar-refractivity contribution in [1.82, 2.24) is 4.98 Å². The van der Waals surface area contributed by atoms with Crippen LogP contribution < -0.4 is 15.0 Å². The fourth-order valence-corrected chi connectivity index (χ4v) is 4.23. The minimum Gasteiger partial charge on any atom is -0.497 e. The number of aryl methyl sites for hydroxylation is 1. The van der Waals surface area contributed by atoms with Gasteiger partial charge in [0.1, 0.15) is 5.75 Å². The van der Waals surface area contributed by atoms with Crippen LogP contribution in [0.15, 0.2) is 42.5 Å². The van der Waals surface area contributed by atoms with Crippen LogP contribution in [0.4, 0.5) is 10.8 Å². The van der Waals surface area contributed by atoms with Crippen molar-refractivity contribution >= 4 is 44.2 Å². The molecule has 7 heteroatoms. The van der Waals surface area contributed by atoms with E-state index < -0.39 is 0 Å². The Bertz CT molecular complexity index is 1030. The molecule has 4 rings (SSSR count). The number of hydrogen-bond acceptors (Lipinski definition) is 5. The molecule has 1 fully saturated rings. The van der Waals surface area contributed by atoms with Gasteiger partial charge in [0.15, 0.2) is 5.13 Å². The zero-order valence-electron chi connectivity index (χ0n) is 15.8. The van der Waals surface area contributed by atoms with E-state index in [1.165, 1.54) is 16.9 Å². The van der Waals surface area contributed by atoms with Crippen molar-refractivity contribution in [2.75, 3.05) is 23.9 Å². The summed E-state index contributed by atoms with van der Waals surface area (Å²) < 4.78 is 6.16. The van der Waals surface area contributed by atoms with Gasteiger partial charge in [-0.2, -0.15) is 0 Å². The van der Waals surface area contributed by atoms with Crippen molar-refractivity contribution in [1.29, 1.82) is 0 Å². The molecule has 2 aromatic carbocycles. The van der Waals surface area contributed by atoms with E-state index in [0.29, 0.717) is 11.7 Å². The number of fused-ring (bicyclic) bond motifs is 1. The van der Waals surface area contributed by atoms with Crippen molar-refractivity contribution in [2.24, 2.45) is 5.92 Å². The number of nitrogens with zero attached hydrogens (tertiary/aromatic N) is 2. The number of aromatic nitrogens is 1. The normalized spacial score (nSPS) is 16.6. The molecule has 0 aliphatic carbocycles. The number of nitrogens with one attached hydrogen (secondary N) is 1. The first kappa shape index (κ1) is 18.4. The summed E-state index contributed by atoms with van der Waals surface area (Å²) in [6.45, 7) is 2.48. The fraction of sp³-hybridized carbons (Fsp3) is 0.286. The number of hydrogen-bond donors (Lipinski definition) is 1. The molecule has 1 saturated heterocycles. The first-order valence-corrected chi connectivity index (χ1v) is 10.0. The lowest BCUT2D eigenvalue weighted by Gasteiger charge is -2.17. The maximum atomic E-state index is 12.7. The third kappa shape index (κ3) is 3.57. The third-order valence-electron chi connectivity index (χ3n) is 4.98. The van der Waals surface area contributed by atoms with Crippen molar-refractivity contribution in [2.45, 2.75) is 19.8 Å². The Kier molecular flexibility index (Phi) is 5.00. The lowest BCUT2D eigenvalue weighted by atomic mass is 10.1. The van der Waals surface area contributed by atoms with E-state index in [1.807, 2.05) is 42.5 Å². The maximum absolute atomic E-state index is 12.7. The quantitative estimate of drug-likeness (QED) is 0.712. The molecule has 0 saturated carbocycles. The highest BCUT2D eigenvalue weighted by atomic mass is 32.1. The van der Waals surface area contributed by atoms with Crippen LogP contribution in [0, 0.1) is 5.92 Å². The van der Waals surface area contributed by atoms with Gasteiger partial charge in [-0.25, -0.2) is 4.98 Å². The number of ether oxygens (including phenoxy) is 1. The van der Waals surface area contributed by atoms with E-state index in [4.69, 9.17) is 4.74 Å². The second kappa shape index (κ2) is 7.59. The molecule has 1 N–H and O–H groups in total. The highest BCUT2D eigenvalue weighted by molar-refractivity contribution is 7.22. The Labute approximate surface area is 167 Å². The molecule has 0 radical (unpaired) electrons. The van der Waals surface area contributed by atoms with E-state index in [-0.39, 0.29) is 24.2 Å². The number of benzene rings is 2. The van der Waals surface area contributed by atoms with Crippen LogP contribution in [0.1, 0.15) is 18.9 Å². The summed E-state index contributed by atoms with van der Waals surface area (Å²) in [5, 5.41) is 3.40. The minimum absolute atomic E-state index is 0.0292. The number of thiazole rings is 1. The second-order valence-corrected chi connectivity index (χ2v) is 7.80. The largest absolute Gasteiger partial charge is 0.497 e. The molecule has 144 valence electrons. The van der Waals surface area contributed by atoms with Gasteiger partial charge in [-0.15, -0.1) is 0 Å². The average molecular weight is 395 g/mol. The highest BCUT2D eigenvalue weighted by Crippen LogP contribution is 2.31. The summed E-state index contributed by atoms with van der Waals surface area (Å²) in [4.78, 5) is 31.3. The van der Waals surface area contributed by atoms with E-state index in [9.17, 15) is 9.59 Å². The van der Waals surface area contributed by atoms with Gasteiger partial charge in [-0.1, -0.05) is 30.4 Å². The summed E-state index contributed by atoms with van der Waals surface area (Å²) in [5.41, 5.74) is 2.86. The monoisotopic (exact) mass is 395 g/mol. The van der Waals surface area contributed by atoms with Gasteiger partial charge in [-0.05, 0) is 42.3 Å². The standard InChI is InChI=1S/C21H21N3O3S/c1-3-13-4-6-15(7-5-13)24-12-14(10-19(24)25)20(26)23-21-22-17-9-8-16(27-2)11-18(17)28-21/h4-9,11,14H,3,10,12H2,1-2H3,(H,22,23,26). The Hall–Kier alpha value is -2.93. The molecule has 2 amide bonds. The van der Waals surface area contributed by atoms with Crippen LogP contribution in [0.5, 0.6) is 5.75 Å². The molecular weight excluding hydrogens is 374 g/mol. The SMILES string of the molecule is CCc1ccc(N2CC(C(=O)Nc3nc4ccc(OC)cc4s3)CC2=O)cc1. The number of carbonyl (C=O) groups is 2. The van der Waals surface area contributed by atoms with Crippen LogP contribution in [-0.4, -0.2) is 30.5 Å². The van der Waals surface area contributed by atoms with E-state index in [1.54, 1.807) is 12.0 Å². The Morgan fingerprint density at radius 1 is 1.29 bits per heavy atom. The Morgan fingerprint density at radius 3 is 2.79 bits per heavy atom.